The van der Waals surface area contributed by atoms with E-state index in [1.54, 1.807) is 16.7 Å². The van der Waals surface area contributed by atoms with Crippen LogP contribution in [0.5, 0.6) is 0 Å². The highest BCUT2D eigenvalue weighted by Gasteiger charge is 2.31. The minimum atomic E-state index is -3.41. The lowest BCUT2D eigenvalue weighted by Crippen LogP contribution is -2.54. The second-order valence-corrected chi connectivity index (χ2v) is 9.94. The molecule has 1 amide bonds. The van der Waals surface area contributed by atoms with E-state index in [-0.39, 0.29) is 5.91 Å². The zero-order valence-electron chi connectivity index (χ0n) is 15.2. The summed E-state index contributed by atoms with van der Waals surface area (Å²) in [6.45, 7) is 6.25. The highest BCUT2D eigenvalue weighted by Crippen LogP contribution is 2.21. The molecule has 146 valence electrons. The second-order valence-electron chi connectivity index (χ2n) is 5.92. The van der Waals surface area contributed by atoms with Gasteiger partial charge in [0.2, 0.25) is 5.91 Å². The van der Waals surface area contributed by atoms with Crippen LogP contribution in [0.4, 0.5) is 0 Å². The number of carbonyl (C=O) groups excluding carboxylic acids is 1. The number of thioether (sulfide) groups is 1. The van der Waals surface area contributed by atoms with Crippen molar-refractivity contribution >= 4 is 43.8 Å². The number of rotatable bonds is 8. The van der Waals surface area contributed by atoms with Gasteiger partial charge in [-0.25, -0.2) is 0 Å². The molecule has 0 bridgehead atoms. The molecule has 26 heavy (non-hydrogen) atoms. The summed E-state index contributed by atoms with van der Waals surface area (Å²) in [5, 5.41) is 0. The van der Waals surface area contributed by atoms with E-state index < -0.39 is 10.2 Å². The molecule has 0 spiro atoms. The van der Waals surface area contributed by atoms with Crippen LogP contribution in [0.2, 0.25) is 0 Å². The molecule has 0 unspecified atom stereocenters. The summed E-state index contributed by atoms with van der Waals surface area (Å²) in [5.41, 5.74) is 0. The van der Waals surface area contributed by atoms with Gasteiger partial charge in [-0.3, -0.25) is 4.79 Å². The molecule has 1 saturated heterocycles. The van der Waals surface area contributed by atoms with Crippen molar-refractivity contribution in [3.63, 3.8) is 0 Å². The average molecular weight is 464 g/mol. The molecule has 1 fully saturated rings. The third kappa shape index (κ3) is 5.69. The fourth-order valence-corrected chi connectivity index (χ4v) is 5.54. The minimum absolute atomic E-state index is 0.0921. The van der Waals surface area contributed by atoms with E-state index in [0.717, 1.165) is 15.1 Å². The van der Waals surface area contributed by atoms with Gasteiger partial charge in [0, 0.05) is 60.8 Å². The maximum atomic E-state index is 12.5. The Balaban J connectivity index is 1.78. The molecule has 1 aliphatic heterocycles. The van der Waals surface area contributed by atoms with E-state index in [0.29, 0.717) is 45.7 Å². The third-order valence-electron chi connectivity index (χ3n) is 4.35. The Morgan fingerprint density at radius 1 is 1.12 bits per heavy atom. The standard InChI is InChI=1S/C17H26BrN3O3S2/c1-3-20(4-2)26(23,24)21-12-10-19(11-13-21)17(22)9-14-25-16-7-5-15(18)6-8-16/h5-8H,3-4,9-14H2,1-2H3. The molecule has 0 saturated carbocycles. The van der Waals surface area contributed by atoms with Crippen LogP contribution in [0.25, 0.3) is 0 Å². The molecule has 0 aromatic heterocycles. The van der Waals surface area contributed by atoms with Gasteiger partial charge in [0.05, 0.1) is 0 Å². The van der Waals surface area contributed by atoms with Crippen LogP contribution in [0.15, 0.2) is 33.6 Å². The maximum absolute atomic E-state index is 12.5. The van der Waals surface area contributed by atoms with E-state index in [2.05, 4.69) is 15.9 Å². The largest absolute Gasteiger partial charge is 0.340 e. The molecule has 1 aromatic rings. The first kappa shape index (κ1) is 21.7. The SMILES string of the molecule is CCN(CC)S(=O)(=O)N1CCN(C(=O)CCSc2ccc(Br)cc2)CC1. The monoisotopic (exact) mass is 463 g/mol. The van der Waals surface area contributed by atoms with Gasteiger partial charge < -0.3 is 4.90 Å². The number of carbonyl (C=O) groups is 1. The van der Waals surface area contributed by atoms with E-state index in [9.17, 15) is 13.2 Å². The Morgan fingerprint density at radius 2 is 1.69 bits per heavy atom. The number of halogens is 1. The summed E-state index contributed by atoms with van der Waals surface area (Å²) in [6.07, 6.45) is 0.462. The molecule has 0 N–H and O–H groups in total. The predicted molar refractivity (Wildman–Crippen MR) is 109 cm³/mol. The Labute approximate surface area is 169 Å². The maximum Gasteiger partial charge on any atom is 0.282 e. The number of amides is 1. The number of nitrogens with zero attached hydrogens (tertiary/aromatic N) is 3. The fraction of sp³-hybridized carbons (Fsp3) is 0.588. The van der Waals surface area contributed by atoms with Gasteiger partial charge in [-0.2, -0.15) is 17.0 Å². The number of hydrogen-bond acceptors (Lipinski definition) is 4. The summed E-state index contributed by atoms with van der Waals surface area (Å²) in [5.74, 6) is 0.813. The van der Waals surface area contributed by atoms with Gasteiger partial charge in [-0.05, 0) is 24.3 Å². The second kappa shape index (κ2) is 10.1. The Kier molecular flexibility index (Phi) is 8.41. The van der Waals surface area contributed by atoms with Gasteiger partial charge in [-0.1, -0.05) is 29.8 Å². The van der Waals surface area contributed by atoms with Crippen LogP contribution in [0, 0.1) is 0 Å². The lowest BCUT2D eigenvalue weighted by molar-refractivity contribution is -0.131. The molecule has 0 radical (unpaired) electrons. The van der Waals surface area contributed by atoms with Crippen LogP contribution in [0.1, 0.15) is 20.3 Å². The highest BCUT2D eigenvalue weighted by atomic mass is 79.9. The lowest BCUT2D eigenvalue weighted by Gasteiger charge is -2.36. The number of piperazine rings is 1. The zero-order valence-corrected chi connectivity index (χ0v) is 18.4. The number of hydrogen-bond donors (Lipinski definition) is 0. The molecule has 0 aliphatic carbocycles. The topological polar surface area (TPSA) is 60.9 Å². The van der Waals surface area contributed by atoms with Crippen molar-refractivity contribution in [2.24, 2.45) is 0 Å². The van der Waals surface area contributed by atoms with Crippen molar-refractivity contribution in [1.29, 1.82) is 0 Å². The molecule has 1 heterocycles. The predicted octanol–water partition coefficient (Wildman–Crippen LogP) is 2.66. The van der Waals surface area contributed by atoms with E-state index in [1.165, 1.54) is 8.61 Å². The minimum Gasteiger partial charge on any atom is -0.340 e. The Hall–Kier alpha value is -0.610. The van der Waals surface area contributed by atoms with Gasteiger partial charge in [0.15, 0.2) is 0 Å². The third-order valence-corrected chi connectivity index (χ3v) is 8.08. The zero-order chi connectivity index (χ0) is 19.2. The van der Waals surface area contributed by atoms with Crippen LogP contribution in [-0.4, -0.2) is 72.9 Å². The van der Waals surface area contributed by atoms with Crippen molar-refractivity contribution in [3.8, 4) is 0 Å². The normalized spacial score (nSPS) is 16.2. The summed E-state index contributed by atoms with van der Waals surface area (Å²) >= 11 is 5.06. The van der Waals surface area contributed by atoms with E-state index in [4.69, 9.17) is 0 Å². The van der Waals surface area contributed by atoms with Gasteiger partial charge in [0.25, 0.3) is 10.2 Å². The molecular formula is C17H26BrN3O3S2. The van der Waals surface area contributed by atoms with Gasteiger partial charge in [0.1, 0.15) is 0 Å². The first-order valence-electron chi connectivity index (χ1n) is 8.79. The molecule has 9 heteroatoms. The van der Waals surface area contributed by atoms with E-state index >= 15 is 0 Å². The molecule has 1 aliphatic rings. The molecule has 6 nitrogen and oxygen atoms in total. The van der Waals surface area contributed by atoms with Crippen molar-refractivity contribution < 1.29 is 13.2 Å². The van der Waals surface area contributed by atoms with Crippen molar-refractivity contribution in [1.82, 2.24) is 13.5 Å². The smallest absolute Gasteiger partial charge is 0.282 e. The highest BCUT2D eigenvalue weighted by molar-refractivity contribution is 9.10. The Bertz CT molecular complexity index is 686. The molecular weight excluding hydrogens is 438 g/mol. The summed E-state index contributed by atoms with van der Waals surface area (Å²) in [7, 11) is -3.41. The average Bonchev–Trinajstić information content (AvgIpc) is 2.64. The summed E-state index contributed by atoms with van der Waals surface area (Å²) < 4.78 is 29.0. The molecule has 2 rings (SSSR count). The van der Waals surface area contributed by atoms with Gasteiger partial charge >= 0.3 is 0 Å². The molecule has 1 aromatic carbocycles. The van der Waals surface area contributed by atoms with Crippen LogP contribution >= 0.6 is 27.7 Å². The van der Waals surface area contributed by atoms with Crippen LogP contribution < -0.4 is 0 Å². The summed E-state index contributed by atoms with van der Waals surface area (Å²) in [4.78, 5) is 15.3. The van der Waals surface area contributed by atoms with Crippen LogP contribution in [0.3, 0.4) is 0 Å². The lowest BCUT2D eigenvalue weighted by atomic mass is 10.3. The van der Waals surface area contributed by atoms with Crippen molar-refractivity contribution in [2.45, 2.75) is 25.2 Å². The summed E-state index contributed by atoms with van der Waals surface area (Å²) in [6, 6.07) is 8.02. The molecule has 0 atom stereocenters. The first-order chi connectivity index (χ1) is 12.4. The van der Waals surface area contributed by atoms with Crippen LogP contribution in [-0.2, 0) is 15.0 Å². The van der Waals surface area contributed by atoms with Crippen molar-refractivity contribution in [3.05, 3.63) is 28.7 Å². The first-order valence-corrected chi connectivity index (χ1v) is 12.0. The Morgan fingerprint density at radius 3 is 2.23 bits per heavy atom. The van der Waals surface area contributed by atoms with Gasteiger partial charge in [-0.15, -0.1) is 11.8 Å². The van der Waals surface area contributed by atoms with E-state index in [1.807, 2.05) is 38.1 Å². The fourth-order valence-electron chi connectivity index (χ4n) is 2.83. The van der Waals surface area contributed by atoms with Crippen molar-refractivity contribution in [2.75, 3.05) is 45.0 Å². The number of benzene rings is 1. The quantitative estimate of drug-likeness (QED) is 0.555.